The molecule has 0 radical (unpaired) electrons. The molecular formula is C11H15N3OS. The van der Waals surface area contributed by atoms with Crippen molar-refractivity contribution < 1.29 is 5.11 Å². The Morgan fingerprint density at radius 1 is 1.38 bits per heavy atom. The van der Waals surface area contributed by atoms with E-state index in [4.69, 9.17) is 12.2 Å². The molecular weight excluding hydrogens is 222 g/mol. The maximum Gasteiger partial charge on any atom is 0.185 e. The molecule has 0 bridgehead atoms. The topological polar surface area (TPSA) is 56.3 Å². The molecule has 0 aromatic heterocycles. The average molecular weight is 237 g/mol. The molecule has 5 heteroatoms. The van der Waals surface area contributed by atoms with E-state index < -0.39 is 0 Å². The van der Waals surface area contributed by atoms with Crippen LogP contribution in [0.3, 0.4) is 0 Å². The molecule has 1 rings (SSSR count). The minimum absolute atomic E-state index is 0.177. The Morgan fingerprint density at radius 3 is 2.69 bits per heavy atom. The molecule has 0 aliphatic carbocycles. The van der Waals surface area contributed by atoms with Crippen molar-refractivity contribution in [3.63, 3.8) is 0 Å². The molecule has 0 amide bonds. The molecule has 0 aliphatic heterocycles. The summed E-state index contributed by atoms with van der Waals surface area (Å²) in [6.07, 6.45) is 0. The maximum absolute atomic E-state index is 9.57. The molecule has 1 aromatic rings. The van der Waals surface area contributed by atoms with E-state index in [0.717, 1.165) is 6.54 Å². The summed E-state index contributed by atoms with van der Waals surface area (Å²) in [6.45, 7) is 6.49. The van der Waals surface area contributed by atoms with E-state index in [1.807, 2.05) is 13.0 Å². The van der Waals surface area contributed by atoms with Gasteiger partial charge in [-0.25, -0.2) is 0 Å². The fourth-order valence-corrected chi connectivity index (χ4v) is 1.33. The van der Waals surface area contributed by atoms with Gasteiger partial charge in [0.15, 0.2) is 5.11 Å². The third kappa shape index (κ3) is 3.43. The zero-order valence-electron chi connectivity index (χ0n) is 9.08. The number of nitrogens with one attached hydrogen (secondary N) is 3. The third-order valence-electron chi connectivity index (χ3n) is 1.89. The van der Waals surface area contributed by atoms with Crippen LogP contribution in [0.1, 0.15) is 12.5 Å². The van der Waals surface area contributed by atoms with Gasteiger partial charge in [0.25, 0.3) is 0 Å². The summed E-state index contributed by atoms with van der Waals surface area (Å²) in [5.41, 5.74) is 6.77. The van der Waals surface area contributed by atoms with Gasteiger partial charge in [-0.15, -0.1) is 0 Å². The van der Waals surface area contributed by atoms with E-state index in [1.54, 1.807) is 18.2 Å². The van der Waals surface area contributed by atoms with Gasteiger partial charge in [-0.3, -0.25) is 10.9 Å². The maximum atomic E-state index is 9.57. The first kappa shape index (κ1) is 12.3. The minimum Gasteiger partial charge on any atom is -0.507 e. The van der Waals surface area contributed by atoms with Crippen LogP contribution in [0, 0.1) is 0 Å². The number of aromatic hydroxyl groups is 1. The van der Waals surface area contributed by atoms with Gasteiger partial charge in [0.2, 0.25) is 0 Å². The molecule has 0 unspecified atom stereocenters. The van der Waals surface area contributed by atoms with E-state index in [1.165, 1.54) is 0 Å². The number of phenols is 1. The minimum atomic E-state index is 0.177. The number of para-hydroxylation sites is 1. The van der Waals surface area contributed by atoms with Crippen LogP contribution in [0.4, 0.5) is 0 Å². The van der Waals surface area contributed by atoms with Gasteiger partial charge in [-0.05, 0) is 31.3 Å². The lowest BCUT2D eigenvalue weighted by molar-refractivity contribution is 0.473. The summed E-state index contributed by atoms with van der Waals surface area (Å²) in [7, 11) is 0. The van der Waals surface area contributed by atoms with Crippen molar-refractivity contribution in [2.24, 2.45) is 0 Å². The predicted octanol–water partition coefficient (Wildman–Crippen LogP) is 1.35. The van der Waals surface area contributed by atoms with E-state index in [9.17, 15) is 5.11 Å². The van der Waals surface area contributed by atoms with Gasteiger partial charge in [0.05, 0.1) is 5.70 Å². The molecule has 86 valence electrons. The van der Waals surface area contributed by atoms with Crippen LogP contribution in [-0.2, 0) is 0 Å². The average Bonchev–Trinajstić information content (AvgIpc) is 2.27. The monoisotopic (exact) mass is 237 g/mol. The van der Waals surface area contributed by atoms with Crippen molar-refractivity contribution in [2.75, 3.05) is 6.54 Å². The number of hydrogen-bond donors (Lipinski definition) is 4. The largest absolute Gasteiger partial charge is 0.507 e. The molecule has 0 atom stereocenters. The van der Waals surface area contributed by atoms with E-state index in [-0.39, 0.29) is 5.75 Å². The summed E-state index contributed by atoms with van der Waals surface area (Å²) in [5.74, 6) is 0.177. The van der Waals surface area contributed by atoms with Crippen molar-refractivity contribution in [1.29, 1.82) is 0 Å². The van der Waals surface area contributed by atoms with Gasteiger partial charge < -0.3 is 10.4 Å². The predicted molar refractivity (Wildman–Crippen MR) is 69.7 cm³/mol. The second kappa shape index (κ2) is 5.97. The highest BCUT2D eigenvalue weighted by Gasteiger charge is 2.03. The standard InChI is InChI=1S/C11H15N3OS/c1-3-12-11(16)14-13-8(2)9-6-4-5-7-10(9)15/h4-7,13,15H,2-3H2,1H3,(H2,12,14,16). The highest BCUT2D eigenvalue weighted by atomic mass is 32.1. The Labute approximate surface area is 100 Å². The zero-order chi connectivity index (χ0) is 12.0. The third-order valence-corrected chi connectivity index (χ3v) is 2.14. The Hall–Kier alpha value is -1.75. The summed E-state index contributed by atoms with van der Waals surface area (Å²) in [5, 5.41) is 13.0. The number of phenolic OH excluding ortho intramolecular Hbond substituents is 1. The SMILES string of the molecule is C=C(NNC(=S)NCC)c1ccccc1O. The molecule has 0 aliphatic rings. The van der Waals surface area contributed by atoms with Crippen LogP contribution >= 0.6 is 12.2 Å². The number of hydrogen-bond acceptors (Lipinski definition) is 3. The first-order chi connectivity index (χ1) is 7.65. The highest BCUT2D eigenvalue weighted by Crippen LogP contribution is 2.20. The van der Waals surface area contributed by atoms with E-state index in [0.29, 0.717) is 16.4 Å². The van der Waals surface area contributed by atoms with E-state index in [2.05, 4.69) is 22.7 Å². The van der Waals surface area contributed by atoms with Gasteiger partial charge in [-0.2, -0.15) is 0 Å². The first-order valence-electron chi connectivity index (χ1n) is 4.92. The molecule has 16 heavy (non-hydrogen) atoms. The molecule has 0 spiro atoms. The molecule has 0 saturated carbocycles. The molecule has 4 N–H and O–H groups in total. The first-order valence-corrected chi connectivity index (χ1v) is 5.33. The summed E-state index contributed by atoms with van der Waals surface area (Å²) >= 11 is 4.97. The van der Waals surface area contributed by atoms with Crippen LogP contribution in [0.15, 0.2) is 30.8 Å². The molecule has 0 fully saturated rings. The number of rotatable bonds is 4. The number of benzene rings is 1. The van der Waals surface area contributed by atoms with Crippen molar-refractivity contribution in [3.05, 3.63) is 36.4 Å². The van der Waals surface area contributed by atoms with Crippen molar-refractivity contribution in [3.8, 4) is 5.75 Å². The molecule has 0 heterocycles. The normalized spacial score (nSPS) is 9.31. The second-order valence-corrected chi connectivity index (χ2v) is 3.51. The van der Waals surface area contributed by atoms with Crippen LogP contribution in [0.2, 0.25) is 0 Å². The van der Waals surface area contributed by atoms with Crippen molar-refractivity contribution in [2.45, 2.75) is 6.92 Å². The number of thiocarbonyl (C=S) groups is 1. The molecule has 1 aromatic carbocycles. The van der Waals surface area contributed by atoms with Gasteiger partial charge in [-0.1, -0.05) is 18.7 Å². The van der Waals surface area contributed by atoms with Crippen LogP contribution in [0.25, 0.3) is 5.70 Å². The van der Waals surface area contributed by atoms with Gasteiger partial charge >= 0.3 is 0 Å². The van der Waals surface area contributed by atoms with Crippen LogP contribution in [-0.4, -0.2) is 16.8 Å². The summed E-state index contributed by atoms with van der Waals surface area (Å²) < 4.78 is 0. The smallest absolute Gasteiger partial charge is 0.185 e. The van der Waals surface area contributed by atoms with Gasteiger partial charge in [0.1, 0.15) is 5.75 Å². The summed E-state index contributed by atoms with van der Waals surface area (Å²) in [4.78, 5) is 0. The molecule has 4 nitrogen and oxygen atoms in total. The lowest BCUT2D eigenvalue weighted by Gasteiger charge is -2.14. The van der Waals surface area contributed by atoms with Gasteiger partial charge in [0, 0.05) is 12.1 Å². The Balaban J connectivity index is 2.54. The van der Waals surface area contributed by atoms with Crippen molar-refractivity contribution in [1.82, 2.24) is 16.2 Å². The lowest BCUT2D eigenvalue weighted by Crippen LogP contribution is -2.42. The van der Waals surface area contributed by atoms with E-state index >= 15 is 0 Å². The van der Waals surface area contributed by atoms with Crippen molar-refractivity contribution >= 4 is 23.0 Å². The quantitative estimate of drug-likeness (QED) is 0.470. The summed E-state index contributed by atoms with van der Waals surface area (Å²) in [6, 6.07) is 6.95. The lowest BCUT2D eigenvalue weighted by atomic mass is 10.1. The highest BCUT2D eigenvalue weighted by molar-refractivity contribution is 7.80. The Morgan fingerprint density at radius 2 is 2.06 bits per heavy atom. The fraction of sp³-hybridized carbons (Fsp3) is 0.182. The second-order valence-electron chi connectivity index (χ2n) is 3.11. The fourth-order valence-electron chi connectivity index (χ4n) is 1.13. The molecule has 0 saturated heterocycles. The Kier molecular flexibility index (Phi) is 4.60. The van der Waals surface area contributed by atoms with Crippen LogP contribution < -0.4 is 16.2 Å². The Bertz CT molecular complexity index is 393. The van der Waals surface area contributed by atoms with Crippen LogP contribution in [0.5, 0.6) is 5.75 Å². The number of hydrazine groups is 1. The zero-order valence-corrected chi connectivity index (χ0v) is 9.90.